The number of carbonyl (C=O) groups is 1. The maximum atomic E-state index is 13.1. The molecule has 26 heavy (non-hydrogen) atoms. The molecule has 0 saturated carbocycles. The van der Waals surface area contributed by atoms with Crippen molar-refractivity contribution < 1.29 is 13.6 Å². The largest absolute Gasteiger partial charge is 0.350 e. The van der Waals surface area contributed by atoms with Crippen molar-refractivity contribution in [1.82, 2.24) is 20.3 Å². The van der Waals surface area contributed by atoms with Crippen molar-refractivity contribution in [3.8, 4) is 0 Å². The summed E-state index contributed by atoms with van der Waals surface area (Å²) in [5.74, 6) is -1.11. The number of benzene rings is 2. The molecule has 0 atom stereocenters. The van der Waals surface area contributed by atoms with Crippen LogP contribution < -0.4 is 5.32 Å². The highest BCUT2D eigenvalue weighted by molar-refractivity contribution is 6.31. The highest BCUT2D eigenvalue weighted by Gasteiger charge is 2.11. The number of aromatic nitrogens is 3. The quantitative estimate of drug-likeness (QED) is 0.718. The molecule has 0 aliphatic rings. The van der Waals surface area contributed by atoms with Gasteiger partial charge < -0.3 is 5.32 Å². The van der Waals surface area contributed by atoms with E-state index >= 15 is 0 Å². The molecule has 0 bridgehead atoms. The molecule has 1 amide bonds. The third-order valence-corrected chi connectivity index (χ3v) is 4.06. The van der Waals surface area contributed by atoms with Gasteiger partial charge >= 0.3 is 0 Å². The van der Waals surface area contributed by atoms with E-state index in [1.165, 1.54) is 35.1 Å². The van der Waals surface area contributed by atoms with E-state index in [4.69, 9.17) is 11.6 Å². The lowest BCUT2D eigenvalue weighted by atomic mass is 10.1. The molecule has 0 aliphatic heterocycles. The summed E-state index contributed by atoms with van der Waals surface area (Å²) in [5, 5.41) is 10.7. The second-order valence-electron chi connectivity index (χ2n) is 5.67. The van der Waals surface area contributed by atoms with Gasteiger partial charge in [0, 0.05) is 11.6 Å². The lowest BCUT2D eigenvalue weighted by Crippen LogP contribution is -2.26. The van der Waals surface area contributed by atoms with Crippen LogP contribution in [-0.4, -0.2) is 27.4 Å². The minimum atomic E-state index is -0.421. The summed E-state index contributed by atoms with van der Waals surface area (Å²) in [4.78, 5) is 12.1. The maximum absolute atomic E-state index is 13.1. The van der Waals surface area contributed by atoms with Gasteiger partial charge in [0.2, 0.25) is 0 Å². The van der Waals surface area contributed by atoms with Crippen molar-refractivity contribution in [2.45, 2.75) is 13.0 Å². The van der Waals surface area contributed by atoms with E-state index in [1.807, 2.05) is 0 Å². The van der Waals surface area contributed by atoms with Crippen LogP contribution in [0.2, 0.25) is 5.02 Å². The predicted molar refractivity (Wildman–Crippen MR) is 93.0 cm³/mol. The number of rotatable bonds is 6. The Morgan fingerprint density at radius 3 is 2.73 bits per heavy atom. The number of hydrogen-bond donors (Lipinski definition) is 1. The molecule has 0 radical (unpaired) electrons. The first-order valence-electron chi connectivity index (χ1n) is 7.88. The standard InChI is InChI=1S/C18H15ClF2N4O/c19-16-9-15(21)5-4-13(16)10-25-11-17(23-24-25)18(26)22-7-6-12-2-1-3-14(20)8-12/h1-5,8-9,11H,6-7,10H2,(H,22,26). The van der Waals surface area contributed by atoms with E-state index < -0.39 is 5.82 Å². The van der Waals surface area contributed by atoms with Crippen molar-refractivity contribution >= 4 is 17.5 Å². The number of nitrogens with zero attached hydrogens (tertiary/aromatic N) is 3. The fourth-order valence-electron chi connectivity index (χ4n) is 2.41. The molecule has 8 heteroatoms. The summed E-state index contributed by atoms with van der Waals surface area (Å²) >= 11 is 5.98. The zero-order valence-electron chi connectivity index (χ0n) is 13.6. The van der Waals surface area contributed by atoms with Gasteiger partial charge in [0.05, 0.1) is 12.7 Å². The van der Waals surface area contributed by atoms with Crippen molar-refractivity contribution in [2.75, 3.05) is 6.54 Å². The molecule has 134 valence electrons. The summed E-state index contributed by atoms with van der Waals surface area (Å²) in [6.45, 7) is 0.613. The molecule has 1 N–H and O–H groups in total. The van der Waals surface area contributed by atoms with Crippen LogP contribution in [0, 0.1) is 11.6 Å². The van der Waals surface area contributed by atoms with E-state index in [1.54, 1.807) is 18.2 Å². The molecule has 3 rings (SSSR count). The second-order valence-corrected chi connectivity index (χ2v) is 6.08. The first kappa shape index (κ1) is 18.0. The molecule has 0 unspecified atom stereocenters. The number of amides is 1. The minimum Gasteiger partial charge on any atom is -0.350 e. The fraction of sp³-hybridized carbons (Fsp3) is 0.167. The van der Waals surface area contributed by atoms with E-state index in [0.717, 1.165) is 5.56 Å². The smallest absolute Gasteiger partial charge is 0.273 e. The van der Waals surface area contributed by atoms with Crippen LogP contribution in [0.15, 0.2) is 48.7 Å². The lowest BCUT2D eigenvalue weighted by molar-refractivity contribution is 0.0949. The molecular formula is C18H15ClF2N4O. The Balaban J connectivity index is 1.56. The van der Waals surface area contributed by atoms with Crippen molar-refractivity contribution in [3.05, 3.63) is 82.1 Å². The van der Waals surface area contributed by atoms with Gasteiger partial charge in [-0.15, -0.1) is 5.10 Å². The van der Waals surface area contributed by atoms with Gasteiger partial charge in [0.15, 0.2) is 5.69 Å². The third kappa shape index (κ3) is 4.64. The van der Waals surface area contributed by atoms with Crippen LogP contribution in [0.5, 0.6) is 0 Å². The molecular weight excluding hydrogens is 362 g/mol. The van der Waals surface area contributed by atoms with E-state index in [-0.39, 0.29) is 29.0 Å². The van der Waals surface area contributed by atoms with Crippen LogP contribution in [0.3, 0.4) is 0 Å². The van der Waals surface area contributed by atoms with Crippen LogP contribution in [0.25, 0.3) is 0 Å². The zero-order valence-corrected chi connectivity index (χ0v) is 14.4. The highest BCUT2D eigenvalue weighted by Crippen LogP contribution is 2.18. The zero-order chi connectivity index (χ0) is 18.5. The SMILES string of the molecule is O=C(NCCc1cccc(F)c1)c1cn(Cc2ccc(F)cc2Cl)nn1. The molecule has 1 aromatic heterocycles. The average Bonchev–Trinajstić information content (AvgIpc) is 3.06. The Hall–Kier alpha value is -2.80. The lowest BCUT2D eigenvalue weighted by Gasteiger charge is -2.04. The Kier molecular flexibility index (Phi) is 5.58. The Labute approximate surface area is 153 Å². The topological polar surface area (TPSA) is 59.8 Å². The molecule has 0 saturated heterocycles. The number of halogens is 3. The van der Waals surface area contributed by atoms with E-state index in [9.17, 15) is 13.6 Å². The van der Waals surface area contributed by atoms with Crippen LogP contribution in [-0.2, 0) is 13.0 Å². The van der Waals surface area contributed by atoms with Gasteiger partial charge in [-0.25, -0.2) is 13.5 Å². The van der Waals surface area contributed by atoms with E-state index in [0.29, 0.717) is 18.5 Å². The first-order valence-corrected chi connectivity index (χ1v) is 8.26. The Morgan fingerprint density at radius 1 is 1.15 bits per heavy atom. The summed E-state index contributed by atoms with van der Waals surface area (Å²) < 4.78 is 27.6. The third-order valence-electron chi connectivity index (χ3n) is 3.71. The van der Waals surface area contributed by atoms with Crippen molar-refractivity contribution in [2.24, 2.45) is 0 Å². The molecule has 0 aliphatic carbocycles. The number of nitrogens with one attached hydrogen (secondary N) is 1. The first-order chi connectivity index (χ1) is 12.5. The molecule has 5 nitrogen and oxygen atoms in total. The number of hydrogen-bond acceptors (Lipinski definition) is 3. The monoisotopic (exact) mass is 376 g/mol. The summed E-state index contributed by atoms with van der Waals surface area (Å²) in [5.41, 5.74) is 1.61. The van der Waals surface area contributed by atoms with Crippen LogP contribution in [0.4, 0.5) is 8.78 Å². The van der Waals surface area contributed by atoms with Gasteiger partial charge in [0.25, 0.3) is 5.91 Å². The van der Waals surface area contributed by atoms with E-state index in [2.05, 4.69) is 15.6 Å². The highest BCUT2D eigenvalue weighted by atomic mass is 35.5. The fourth-order valence-corrected chi connectivity index (χ4v) is 2.63. The van der Waals surface area contributed by atoms with Gasteiger partial charge in [-0.2, -0.15) is 0 Å². The summed E-state index contributed by atoms with van der Waals surface area (Å²) in [6.07, 6.45) is 1.99. The van der Waals surface area contributed by atoms with Crippen LogP contribution >= 0.6 is 11.6 Å². The second kappa shape index (κ2) is 8.05. The van der Waals surface area contributed by atoms with Crippen molar-refractivity contribution in [1.29, 1.82) is 0 Å². The molecule has 0 spiro atoms. The number of carbonyl (C=O) groups excluding carboxylic acids is 1. The minimum absolute atomic E-state index is 0.155. The molecule has 3 aromatic rings. The van der Waals surface area contributed by atoms with Gasteiger partial charge in [-0.05, 0) is 41.8 Å². The molecule has 0 fully saturated rings. The maximum Gasteiger partial charge on any atom is 0.273 e. The normalized spacial score (nSPS) is 10.7. The molecule has 2 aromatic carbocycles. The Bertz CT molecular complexity index is 929. The summed E-state index contributed by atoms with van der Waals surface area (Å²) in [6, 6.07) is 10.3. The van der Waals surface area contributed by atoms with Gasteiger partial charge in [-0.1, -0.05) is 35.0 Å². The molecule has 1 heterocycles. The van der Waals surface area contributed by atoms with Crippen molar-refractivity contribution in [3.63, 3.8) is 0 Å². The van der Waals surface area contributed by atoms with Gasteiger partial charge in [0.1, 0.15) is 11.6 Å². The summed E-state index contributed by atoms with van der Waals surface area (Å²) in [7, 11) is 0. The Morgan fingerprint density at radius 2 is 1.96 bits per heavy atom. The van der Waals surface area contributed by atoms with Crippen LogP contribution in [0.1, 0.15) is 21.6 Å². The average molecular weight is 377 g/mol. The predicted octanol–water partition coefficient (Wildman–Crippen LogP) is 3.23. The van der Waals surface area contributed by atoms with Gasteiger partial charge in [-0.3, -0.25) is 4.79 Å².